The molecule has 1 aliphatic rings. The molecule has 0 spiro atoms. The van der Waals surface area contributed by atoms with Crippen LogP contribution < -0.4 is 4.90 Å². The number of hydrogen-bond acceptors (Lipinski definition) is 7. The molecule has 1 fully saturated rings. The van der Waals surface area contributed by atoms with Crippen molar-refractivity contribution in [3.05, 3.63) is 145 Å². The van der Waals surface area contributed by atoms with Gasteiger partial charge in [0.1, 0.15) is 24.4 Å². The summed E-state index contributed by atoms with van der Waals surface area (Å²) >= 11 is 0. The Labute approximate surface area is 338 Å². The summed E-state index contributed by atoms with van der Waals surface area (Å²) in [7, 11) is -0.179. The van der Waals surface area contributed by atoms with E-state index in [-0.39, 0.29) is 0 Å². The highest BCUT2D eigenvalue weighted by Gasteiger charge is 2.51. The minimum atomic E-state index is -2.26. The fourth-order valence-electron chi connectivity index (χ4n) is 8.25. The Morgan fingerprint density at radius 1 is 0.625 bits per heavy atom. The normalized spacial score (nSPS) is 20.1. The van der Waals surface area contributed by atoms with Crippen molar-refractivity contribution in [2.24, 2.45) is 0 Å². The average Bonchev–Trinajstić information content (AvgIpc) is 3.21. The number of ether oxygens (including phenoxy) is 5. The van der Waals surface area contributed by atoms with E-state index in [1.54, 1.807) is 0 Å². The predicted octanol–water partition coefficient (Wildman–Crippen LogP) is 11.4. The highest BCUT2D eigenvalue weighted by molar-refractivity contribution is 6.77. The SMILES string of the molecule is C=CCCCO[C@@H]1O[C@H](CO[Si](C(C)C)(C(C)C)C(C)C)[C@@H](OCc2ccccc2)[C@H](OCc2cccc(N(C)c3ccccc3)c2)[C@@H]1OCc1ccccc1. The van der Waals surface area contributed by atoms with Gasteiger partial charge in [0, 0.05) is 18.4 Å². The molecule has 5 atom stereocenters. The van der Waals surface area contributed by atoms with E-state index < -0.39 is 39.0 Å². The maximum Gasteiger partial charge on any atom is 0.200 e. The van der Waals surface area contributed by atoms with Crippen LogP contribution in [0.3, 0.4) is 0 Å². The van der Waals surface area contributed by atoms with E-state index in [0.717, 1.165) is 40.9 Å². The van der Waals surface area contributed by atoms with E-state index in [0.29, 0.717) is 49.7 Å². The lowest BCUT2D eigenvalue weighted by Gasteiger charge is -2.48. The number of rotatable bonds is 22. The lowest BCUT2D eigenvalue weighted by atomic mass is 9.97. The molecular formula is C48H65NO6Si. The molecule has 0 aromatic heterocycles. The molecule has 0 radical (unpaired) electrons. The molecule has 0 aliphatic carbocycles. The first-order valence-corrected chi connectivity index (χ1v) is 22.6. The van der Waals surface area contributed by atoms with Gasteiger partial charge in [-0.3, -0.25) is 0 Å². The van der Waals surface area contributed by atoms with Gasteiger partial charge in [0.05, 0.1) is 33.0 Å². The number of unbranched alkanes of at least 4 members (excludes halogenated alkanes) is 1. The molecule has 0 N–H and O–H groups in total. The van der Waals surface area contributed by atoms with Gasteiger partial charge >= 0.3 is 0 Å². The Bertz CT molecular complexity index is 1680. The first-order valence-electron chi connectivity index (χ1n) is 20.5. The third-order valence-corrected chi connectivity index (χ3v) is 17.2. The van der Waals surface area contributed by atoms with Crippen molar-refractivity contribution in [1.82, 2.24) is 0 Å². The van der Waals surface area contributed by atoms with Crippen LogP contribution in [0, 0.1) is 0 Å². The summed E-state index contributed by atoms with van der Waals surface area (Å²) in [6.45, 7) is 19.8. The standard InChI is InChI=1S/C48H65NO6Si/c1-9-10-20-30-50-48-47(53-33-40-24-16-12-17-25-40)46(52-34-41-26-21-29-43(31-41)49(8)42-27-18-13-19-28-42)45(51-32-39-22-14-11-15-23-39)44(55-48)35-54-56(36(2)3,37(4)5)38(6)7/h9,11-19,21-29,31,36-38,44-48H,1,10,20,30,32-35H2,2-8H3/t44-,45-,46+,47+,48-/m1/s1. The lowest BCUT2D eigenvalue weighted by molar-refractivity contribution is -0.326. The topological polar surface area (TPSA) is 58.6 Å². The number of allylic oxidation sites excluding steroid dienone is 1. The molecular weight excluding hydrogens is 715 g/mol. The van der Waals surface area contributed by atoms with Crippen LogP contribution in [0.4, 0.5) is 11.4 Å². The summed E-state index contributed by atoms with van der Waals surface area (Å²) in [6, 6.07) is 39.4. The van der Waals surface area contributed by atoms with Crippen LogP contribution in [0.2, 0.25) is 16.6 Å². The minimum absolute atomic E-state index is 0.344. The van der Waals surface area contributed by atoms with Gasteiger partial charge in [-0.2, -0.15) is 0 Å². The number of benzene rings is 4. The van der Waals surface area contributed by atoms with Gasteiger partial charge in [-0.15, -0.1) is 6.58 Å². The molecule has 1 heterocycles. The van der Waals surface area contributed by atoms with Gasteiger partial charge in [0.2, 0.25) is 0 Å². The zero-order valence-electron chi connectivity index (χ0n) is 34.7. The maximum atomic E-state index is 7.25. The molecule has 1 saturated heterocycles. The number of hydrogen-bond donors (Lipinski definition) is 0. The lowest BCUT2D eigenvalue weighted by Crippen LogP contribution is -2.62. The second-order valence-electron chi connectivity index (χ2n) is 15.8. The van der Waals surface area contributed by atoms with Crippen molar-refractivity contribution < 1.29 is 28.1 Å². The Kier molecular flexibility index (Phi) is 16.9. The van der Waals surface area contributed by atoms with Crippen molar-refractivity contribution in [3.63, 3.8) is 0 Å². The van der Waals surface area contributed by atoms with Gasteiger partial charge in [0.25, 0.3) is 0 Å². The molecule has 302 valence electrons. The van der Waals surface area contributed by atoms with E-state index >= 15 is 0 Å². The van der Waals surface area contributed by atoms with E-state index in [1.807, 2.05) is 48.5 Å². The average molecular weight is 780 g/mol. The van der Waals surface area contributed by atoms with E-state index in [4.69, 9.17) is 28.1 Å². The van der Waals surface area contributed by atoms with Crippen LogP contribution in [0.15, 0.2) is 128 Å². The van der Waals surface area contributed by atoms with Crippen LogP contribution in [-0.4, -0.2) is 59.3 Å². The summed E-state index contributed by atoms with van der Waals surface area (Å²) in [5, 5.41) is 0. The second-order valence-corrected chi connectivity index (χ2v) is 21.3. The predicted molar refractivity (Wildman–Crippen MR) is 231 cm³/mol. The van der Waals surface area contributed by atoms with E-state index in [2.05, 4.69) is 133 Å². The van der Waals surface area contributed by atoms with Gasteiger partial charge in [-0.25, -0.2) is 0 Å². The van der Waals surface area contributed by atoms with Gasteiger partial charge in [-0.1, -0.05) is 139 Å². The van der Waals surface area contributed by atoms with Crippen molar-refractivity contribution in [3.8, 4) is 0 Å². The summed E-state index contributed by atoms with van der Waals surface area (Å²) in [6.07, 6.45) is 0.758. The number of anilines is 2. The van der Waals surface area contributed by atoms with Crippen LogP contribution in [0.5, 0.6) is 0 Å². The van der Waals surface area contributed by atoms with Crippen LogP contribution >= 0.6 is 0 Å². The summed E-state index contributed by atoms with van der Waals surface area (Å²) in [5.41, 5.74) is 6.60. The van der Waals surface area contributed by atoms with Crippen LogP contribution in [-0.2, 0) is 47.9 Å². The summed E-state index contributed by atoms with van der Waals surface area (Å²) < 4.78 is 41.7. The third kappa shape index (κ3) is 11.5. The highest BCUT2D eigenvalue weighted by Crippen LogP contribution is 2.43. The number of nitrogens with zero attached hydrogens (tertiary/aromatic N) is 1. The van der Waals surface area contributed by atoms with E-state index in [1.165, 1.54) is 0 Å². The first-order chi connectivity index (χ1) is 27.1. The van der Waals surface area contributed by atoms with Gasteiger partial charge < -0.3 is 33.0 Å². The molecule has 7 nitrogen and oxygen atoms in total. The molecule has 1 aliphatic heterocycles. The highest BCUT2D eigenvalue weighted by atomic mass is 28.4. The smallest absolute Gasteiger partial charge is 0.200 e. The van der Waals surface area contributed by atoms with Gasteiger partial charge in [0.15, 0.2) is 14.6 Å². The Balaban J connectivity index is 1.52. The van der Waals surface area contributed by atoms with Crippen molar-refractivity contribution in [1.29, 1.82) is 0 Å². The molecule has 0 bridgehead atoms. The largest absolute Gasteiger partial charge is 0.413 e. The minimum Gasteiger partial charge on any atom is -0.413 e. The van der Waals surface area contributed by atoms with Crippen LogP contribution in [0.25, 0.3) is 0 Å². The molecule has 0 unspecified atom stereocenters. The first kappa shape index (κ1) is 43.5. The van der Waals surface area contributed by atoms with E-state index in [9.17, 15) is 0 Å². The van der Waals surface area contributed by atoms with Crippen molar-refractivity contribution in [2.75, 3.05) is 25.2 Å². The molecule has 4 aromatic carbocycles. The monoisotopic (exact) mass is 779 g/mol. The quantitative estimate of drug-likeness (QED) is 0.0447. The summed E-state index contributed by atoms with van der Waals surface area (Å²) in [5.74, 6) is 0. The number of para-hydroxylation sites is 1. The summed E-state index contributed by atoms with van der Waals surface area (Å²) in [4.78, 5) is 2.18. The fraction of sp³-hybridized carbons (Fsp3) is 0.458. The van der Waals surface area contributed by atoms with Crippen molar-refractivity contribution >= 4 is 19.7 Å². The van der Waals surface area contributed by atoms with Crippen LogP contribution in [0.1, 0.15) is 71.1 Å². The molecule has 0 saturated carbocycles. The molecule has 4 aromatic rings. The van der Waals surface area contributed by atoms with Gasteiger partial charge in [-0.05, 0) is 70.4 Å². The molecule has 56 heavy (non-hydrogen) atoms. The fourth-order valence-corrected chi connectivity index (χ4v) is 13.7. The Morgan fingerprint density at radius 3 is 1.70 bits per heavy atom. The maximum absolute atomic E-state index is 7.25. The zero-order valence-corrected chi connectivity index (χ0v) is 35.7. The van der Waals surface area contributed by atoms with Crippen molar-refractivity contribution in [2.45, 2.75) is 122 Å². The zero-order chi connectivity index (χ0) is 39.9. The molecule has 0 amide bonds. The molecule has 8 heteroatoms. The second kappa shape index (κ2) is 21.8. The molecule has 5 rings (SSSR count). The third-order valence-electron chi connectivity index (χ3n) is 11.1. The Morgan fingerprint density at radius 2 is 1.12 bits per heavy atom. The Hall–Kier alpha value is -3.60.